The number of carbonyl (C=O) groups excluding carboxylic acids is 3. The molecular formula is C23H34O5. The third-order valence-electron chi connectivity index (χ3n) is 4.45. The normalized spacial score (nSPS) is 10.7. The molecule has 0 radical (unpaired) electrons. The van der Waals surface area contributed by atoms with Gasteiger partial charge in [-0.3, -0.25) is 14.4 Å². The van der Waals surface area contributed by atoms with Crippen LogP contribution in [0.15, 0.2) is 24.3 Å². The minimum atomic E-state index is -0.251. The van der Waals surface area contributed by atoms with Crippen molar-refractivity contribution >= 4 is 18.2 Å². The average molecular weight is 391 g/mol. The Hall–Kier alpha value is -2.17. The smallest absolute Gasteiger partial charge is 0.311 e. The molecule has 5 heteroatoms. The minimum Gasteiger partial charge on any atom is -0.466 e. The van der Waals surface area contributed by atoms with Crippen LogP contribution in [0.3, 0.4) is 0 Å². The van der Waals surface area contributed by atoms with E-state index in [1.165, 1.54) is 0 Å². The Balaban J connectivity index is 1.94. The molecule has 0 saturated heterocycles. The van der Waals surface area contributed by atoms with Gasteiger partial charge in [0.15, 0.2) is 0 Å². The van der Waals surface area contributed by atoms with Crippen LogP contribution in [0.2, 0.25) is 0 Å². The Bertz CT molecular complexity index is 577. The number of hydrogen-bond acceptors (Lipinski definition) is 5. The summed E-state index contributed by atoms with van der Waals surface area (Å²) in [5.41, 5.74) is 0.555. The number of hydrogen-bond donors (Lipinski definition) is 0. The highest BCUT2D eigenvalue weighted by molar-refractivity contribution is 5.76. The summed E-state index contributed by atoms with van der Waals surface area (Å²) in [5.74, 6) is 0.772. The molecule has 0 spiro atoms. The Morgan fingerprint density at radius 3 is 2.00 bits per heavy atom. The molecule has 0 unspecified atom stereocenters. The molecule has 0 saturated carbocycles. The van der Waals surface area contributed by atoms with Crippen molar-refractivity contribution in [1.29, 1.82) is 0 Å². The quantitative estimate of drug-likeness (QED) is 0.171. The highest BCUT2D eigenvalue weighted by Gasteiger charge is 2.06. The van der Waals surface area contributed by atoms with Gasteiger partial charge in [0.25, 0.3) is 0 Å². The van der Waals surface area contributed by atoms with Crippen molar-refractivity contribution in [1.82, 2.24) is 0 Å². The topological polar surface area (TPSA) is 69.7 Å². The van der Waals surface area contributed by atoms with E-state index < -0.39 is 0 Å². The first-order valence-electron chi connectivity index (χ1n) is 10.4. The second kappa shape index (κ2) is 14.8. The van der Waals surface area contributed by atoms with E-state index in [1.54, 1.807) is 24.3 Å². The summed E-state index contributed by atoms with van der Waals surface area (Å²) in [5, 5.41) is 0. The van der Waals surface area contributed by atoms with Gasteiger partial charge in [0.2, 0.25) is 0 Å². The molecule has 5 nitrogen and oxygen atoms in total. The van der Waals surface area contributed by atoms with Crippen molar-refractivity contribution in [2.75, 3.05) is 6.61 Å². The summed E-state index contributed by atoms with van der Waals surface area (Å²) in [6.07, 6.45) is 9.41. The largest absolute Gasteiger partial charge is 0.466 e. The lowest BCUT2D eigenvalue weighted by Gasteiger charge is -2.06. The number of rotatable bonds is 15. The zero-order valence-corrected chi connectivity index (χ0v) is 17.3. The molecule has 0 atom stereocenters. The van der Waals surface area contributed by atoms with Crippen molar-refractivity contribution in [2.45, 2.75) is 78.1 Å². The van der Waals surface area contributed by atoms with Crippen molar-refractivity contribution in [3.05, 3.63) is 29.8 Å². The van der Waals surface area contributed by atoms with Gasteiger partial charge in [-0.2, -0.15) is 0 Å². The first kappa shape index (κ1) is 23.9. The van der Waals surface area contributed by atoms with Crippen molar-refractivity contribution < 1.29 is 23.9 Å². The SMILES string of the molecule is CC(C)CCCOC(=O)CCCCCCCCC(=O)Oc1ccc(C=O)cc1. The van der Waals surface area contributed by atoms with Crippen LogP contribution in [0.4, 0.5) is 0 Å². The third-order valence-corrected chi connectivity index (χ3v) is 4.45. The molecule has 0 aliphatic rings. The van der Waals surface area contributed by atoms with Gasteiger partial charge in [-0.25, -0.2) is 0 Å². The van der Waals surface area contributed by atoms with Crippen LogP contribution in [0, 0.1) is 5.92 Å². The lowest BCUT2D eigenvalue weighted by molar-refractivity contribution is -0.144. The van der Waals surface area contributed by atoms with Crippen LogP contribution >= 0.6 is 0 Å². The average Bonchev–Trinajstić information content (AvgIpc) is 2.67. The van der Waals surface area contributed by atoms with Crippen molar-refractivity contribution in [3.8, 4) is 5.75 Å². The van der Waals surface area contributed by atoms with E-state index in [4.69, 9.17) is 9.47 Å². The molecular weight excluding hydrogens is 356 g/mol. The van der Waals surface area contributed by atoms with Crippen LogP contribution in [0.1, 0.15) is 88.4 Å². The summed E-state index contributed by atoms with van der Waals surface area (Å²) in [6, 6.07) is 6.49. The maximum Gasteiger partial charge on any atom is 0.311 e. The summed E-state index contributed by atoms with van der Waals surface area (Å²) in [6.45, 7) is 4.87. The van der Waals surface area contributed by atoms with Crippen LogP contribution < -0.4 is 4.74 Å². The predicted molar refractivity (Wildman–Crippen MR) is 109 cm³/mol. The minimum absolute atomic E-state index is 0.0901. The molecule has 1 rings (SSSR count). The molecule has 0 aromatic heterocycles. The number of aldehydes is 1. The predicted octanol–water partition coefficient (Wildman–Crippen LogP) is 5.50. The summed E-state index contributed by atoms with van der Waals surface area (Å²) >= 11 is 0. The first-order chi connectivity index (χ1) is 13.5. The Labute approximate surface area is 168 Å². The second-order valence-corrected chi connectivity index (χ2v) is 7.54. The molecule has 156 valence electrons. The maximum atomic E-state index is 11.8. The standard InChI is InChI=1S/C23H34O5/c1-19(2)10-9-17-27-22(25)11-7-5-3-4-6-8-12-23(26)28-21-15-13-20(18-24)14-16-21/h13-16,18-19H,3-12,17H2,1-2H3. The number of carbonyl (C=O) groups is 3. The molecule has 1 aromatic rings. The Morgan fingerprint density at radius 1 is 0.857 bits per heavy atom. The van der Waals surface area contributed by atoms with Gasteiger partial charge in [0, 0.05) is 18.4 Å². The molecule has 0 aliphatic heterocycles. The highest BCUT2D eigenvalue weighted by Crippen LogP contribution is 2.14. The summed E-state index contributed by atoms with van der Waals surface area (Å²) < 4.78 is 10.5. The zero-order chi connectivity index (χ0) is 20.6. The Morgan fingerprint density at radius 2 is 1.43 bits per heavy atom. The maximum absolute atomic E-state index is 11.8. The fraction of sp³-hybridized carbons (Fsp3) is 0.609. The first-order valence-corrected chi connectivity index (χ1v) is 10.4. The van der Waals surface area contributed by atoms with Gasteiger partial charge in [0.05, 0.1) is 6.61 Å². The van der Waals surface area contributed by atoms with E-state index in [0.717, 1.165) is 57.7 Å². The van der Waals surface area contributed by atoms with Crippen LogP contribution in [-0.4, -0.2) is 24.8 Å². The lowest BCUT2D eigenvalue weighted by atomic mass is 10.1. The number of unbranched alkanes of at least 4 members (excludes halogenated alkanes) is 5. The van der Waals surface area contributed by atoms with E-state index in [2.05, 4.69) is 13.8 Å². The molecule has 0 heterocycles. The molecule has 0 aliphatic carbocycles. The van der Waals surface area contributed by atoms with Gasteiger partial charge >= 0.3 is 11.9 Å². The van der Waals surface area contributed by atoms with Gasteiger partial charge in [0.1, 0.15) is 12.0 Å². The van der Waals surface area contributed by atoms with Crippen LogP contribution in [-0.2, 0) is 14.3 Å². The van der Waals surface area contributed by atoms with E-state index >= 15 is 0 Å². The summed E-state index contributed by atoms with van der Waals surface area (Å²) in [4.78, 5) is 34.0. The molecule has 0 amide bonds. The Kier molecular flexibility index (Phi) is 12.6. The van der Waals surface area contributed by atoms with Gasteiger partial charge in [-0.05, 0) is 55.9 Å². The van der Waals surface area contributed by atoms with E-state index in [-0.39, 0.29) is 11.9 Å². The van der Waals surface area contributed by atoms with Crippen molar-refractivity contribution in [2.24, 2.45) is 5.92 Å². The summed E-state index contributed by atoms with van der Waals surface area (Å²) in [7, 11) is 0. The second-order valence-electron chi connectivity index (χ2n) is 7.54. The molecule has 28 heavy (non-hydrogen) atoms. The molecule has 0 fully saturated rings. The monoisotopic (exact) mass is 390 g/mol. The van der Waals surface area contributed by atoms with Crippen LogP contribution in [0.25, 0.3) is 0 Å². The van der Waals surface area contributed by atoms with Gasteiger partial charge < -0.3 is 9.47 Å². The fourth-order valence-corrected chi connectivity index (χ4v) is 2.79. The number of esters is 2. The zero-order valence-electron chi connectivity index (χ0n) is 17.3. The molecule has 0 N–H and O–H groups in total. The number of ether oxygens (including phenoxy) is 2. The van der Waals surface area contributed by atoms with Crippen molar-refractivity contribution in [3.63, 3.8) is 0 Å². The molecule has 1 aromatic carbocycles. The lowest BCUT2D eigenvalue weighted by Crippen LogP contribution is -2.07. The fourth-order valence-electron chi connectivity index (χ4n) is 2.79. The van der Waals surface area contributed by atoms with Crippen LogP contribution in [0.5, 0.6) is 5.75 Å². The van der Waals surface area contributed by atoms with E-state index in [9.17, 15) is 14.4 Å². The highest BCUT2D eigenvalue weighted by atomic mass is 16.5. The number of benzene rings is 1. The third kappa shape index (κ3) is 12.3. The van der Waals surface area contributed by atoms with Gasteiger partial charge in [-0.1, -0.05) is 39.5 Å². The van der Waals surface area contributed by atoms with E-state index in [1.807, 2.05) is 0 Å². The molecule has 0 bridgehead atoms. The van der Waals surface area contributed by atoms with E-state index in [0.29, 0.717) is 36.7 Å². The van der Waals surface area contributed by atoms with Gasteiger partial charge in [-0.15, -0.1) is 0 Å².